The lowest BCUT2D eigenvalue weighted by atomic mass is 9.46. The molecule has 4 bridgehead atoms. The Balaban J connectivity index is 1.49. The van der Waals surface area contributed by atoms with Crippen LogP contribution in [0.3, 0.4) is 0 Å². The minimum atomic E-state index is -1.73. The Morgan fingerprint density at radius 1 is 1.30 bits per heavy atom. The molecule has 6 rings (SSSR count). The van der Waals surface area contributed by atoms with E-state index in [0.29, 0.717) is 24.2 Å². The highest BCUT2D eigenvalue weighted by molar-refractivity contribution is 5.84. The van der Waals surface area contributed by atoms with Gasteiger partial charge in [-0.2, -0.15) is 5.26 Å². The minimum Gasteiger partial charge on any atom is -0.390 e. The van der Waals surface area contributed by atoms with Crippen LogP contribution >= 0.6 is 0 Å². The molecule has 3 unspecified atom stereocenters. The lowest BCUT2D eigenvalue weighted by Gasteiger charge is -2.61. The van der Waals surface area contributed by atoms with Crippen molar-refractivity contribution in [2.45, 2.75) is 75.1 Å². The standard InChI is InChI=1S/C18H25N3O2/c19-8-13-2-12-3-14(12)21(13)16(22)15(20)17-4-10-1-11(5-17)7-18(23,6-10)9-17/h10-15,23H,1-7,9,20H2/t10?,11?,12-,13?,14+,15+,17?,18?/m1/s1/i15D. The molecule has 5 aliphatic carbocycles. The average Bonchev–Trinajstić information content (AvgIpc) is 3.14. The maximum Gasteiger partial charge on any atom is 0.241 e. The lowest BCUT2D eigenvalue weighted by molar-refractivity contribution is -0.177. The molecule has 3 N–H and O–H groups in total. The number of carbonyl (C=O) groups is 1. The normalized spacial score (nSPS) is 55.8. The van der Waals surface area contributed by atoms with Crippen LogP contribution in [-0.2, 0) is 4.79 Å². The second-order valence-electron chi connectivity index (χ2n) is 9.04. The van der Waals surface area contributed by atoms with Gasteiger partial charge in [-0.15, -0.1) is 0 Å². The Labute approximate surface area is 138 Å². The summed E-state index contributed by atoms with van der Waals surface area (Å²) in [6.07, 6.45) is 6.39. The molecule has 1 saturated heterocycles. The minimum absolute atomic E-state index is 0.118. The fourth-order valence-corrected chi connectivity index (χ4v) is 6.76. The van der Waals surface area contributed by atoms with Gasteiger partial charge < -0.3 is 15.7 Å². The van der Waals surface area contributed by atoms with Gasteiger partial charge in [-0.3, -0.25) is 4.79 Å². The van der Waals surface area contributed by atoms with Crippen molar-refractivity contribution in [3.05, 3.63) is 0 Å². The number of nitrogens with zero attached hydrogens (tertiary/aromatic N) is 2. The summed E-state index contributed by atoms with van der Waals surface area (Å²) in [5.41, 5.74) is 5.08. The van der Waals surface area contributed by atoms with Gasteiger partial charge in [0.25, 0.3) is 0 Å². The Kier molecular flexibility index (Phi) is 2.46. The number of fused-ring (bicyclic) bond motifs is 1. The van der Waals surface area contributed by atoms with Crippen molar-refractivity contribution in [2.24, 2.45) is 28.9 Å². The maximum atomic E-state index is 13.3. The summed E-state index contributed by atoms with van der Waals surface area (Å²) in [6, 6.07) is 0.189. The lowest BCUT2D eigenvalue weighted by Crippen LogP contribution is -2.64. The van der Waals surface area contributed by atoms with Gasteiger partial charge in [0.05, 0.1) is 19.1 Å². The number of hydrogen-bond donors (Lipinski definition) is 2. The summed E-state index contributed by atoms with van der Waals surface area (Å²) in [5, 5.41) is 20.3. The summed E-state index contributed by atoms with van der Waals surface area (Å²) in [4.78, 5) is 14.9. The van der Waals surface area contributed by atoms with Gasteiger partial charge in [0.15, 0.2) is 0 Å². The summed E-state index contributed by atoms with van der Waals surface area (Å²) in [7, 11) is 0. The first kappa shape index (κ1) is 13.2. The molecule has 124 valence electrons. The van der Waals surface area contributed by atoms with Crippen LogP contribution in [0.5, 0.6) is 0 Å². The molecule has 0 radical (unpaired) electrons. The molecule has 5 nitrogen and oxygen atoms in total. The predicted octanol–water partition coefficient (Wildman–Crippen LogP) is 1.16. The van der Waals surface area contributed by atoms with Crippen molar-refractivity contribution in [1.82, 2.24) is 4.90 Å². The average molecular weight is 316 g/mol. The summed E-state index contributed by atoms with van der Waals surface area (Å²) in [5.74, 6) is 0.826. The molecule has 1 heterocycles. The van der Waals surface area contributed by atoms with E-state index in [4.69, 9.17) is 7.10 Å². The molecule has 0 aromatic carbocycles. The van der Waals surface area contributed by atoms with E-state index in [2.05, 4.69) is 6.07 Å². The summed E-state index contributed by atoms with van der Waals surface area (Å²) < 4.78 is 8.90. The second-order valence-corrected chi connectivity index (χ2v) is 9.04. The number of carbonyl (C=O) groups excluding carboxylic acids is 1. The molecule has 1 aliphatic heterocycles. The summed E-state index contributed by atoms with van der Waals surface area (Å²) >= 11 is 0. The van der Waals surface area contributed by atoms with E-state index in [1.165, 1.54) is 0 Å². The van der Waals surface area contributed by atoms with Crippen LogP contribution in [0.25, 0.3) is 0 Å². The zero-order valence-corrected chi connectivity index (χ0v) is 13.4. The molecule has 0 aromatic rings. The van der Waals surface area contributed by atoms with Gasteiger partial charge in [0, 0.05) is 6.04 Å². The van der Waals surface area contributed by atoms with Crippen LogP contribution < -0.4 is 5.73 Å². The van der Waals surface area contributed by atoms with Gasteiger partial charge >= 0.3 is 0 Å². The van der Waals surface area contributed by atoms with Crippen LogP contribution in [0.1, 0.15) is 52.7 Å². The summed E-state index contributed by atoms with van der Waals surface area (Å²) in [6.45, 7) is 0. The van der Waals surface area contributed by atoms with Crippen LogP contribution in [-0.4, -0.2) is 39.6 Å². The van der Waals surface area contributed by atoms with Crippen molar-refractivity contribution in [1.29, 1.82) is 5.26 Å². The zero-order valence-electron chi connectivity index (χ0n) is 14.4. The van der Waals surface area contributed by atoms with Gasteiger partial charge in [0.1, 0.15) is 6.04 Å². The fraction of sp³-hybridized carbons (Fsp3) is 0.889. The van der Waals surface area contributed by atoms with E-state index in [1.54, 1.807) is 4.90 Å². The van der Waals surface area contributed by atoms with E-state index in [-0.39, 0.29) is 11.9 Å². The molecule has 0 aromatic heterocycles. The van der Waals surface area contributed by atoms with Crippen molar-refractivity contribution in [2.75, 3.05) is 0 Å². The number of likely N-dealkylation sites (tertiary alicyclic amines) is 1. The molecule has 0 spiro atoms. The number of nitrogens with two attached hydrogens (primary N) is 1. The number of nitriles is 1. The third-order valence-electron chi connectivity index (χ3n) is 7.32. The maximum absolute atomic E-state index is 13.3. The molecule has 5 saturated carbocycles. The molecular weight excluding hydrogens is 290 g/mol. The molecule has 1 amide bonds. The molecule has 5 heteroatoms. The Bertz CT molecular complexity index is 643. The Hall–Kier alpha value is -1.12. The largest absolute Gasteiger partial charge is 0.390 e. The van der Waals surface area contributed by atoms with Crippen LogP contribution in [0.15, 0.2) is 0 Å². The van der Waals surface area contributed by atoms with Gasteiger partial charge in [-0.25, -0.2) is 0 Å². The smallest absolute Gasteiger partial charge is 0.241 e. The number of rotatable bonds is 2. The van der Waals surface area contributed by atoms with E-state index in [1.807, 2.05) is 0 Å². The van der Waals surface area contributed by atoms with Gasteiger partial charge in [-0.05, 0) is 74.5 Å². The van der Waals surface area contributed by atoms with Gasteiger partial charge in [-0.1, -0.05) is 0 Å². The number of aliphatic hydroxyl groups is 1. The third kappa shape index (κ3) is 1.88. The van der Waals surface area contributed by atoms with Crippen molar-refractivity contribution in [3.8, 4) is 6.07 Å². The molecular formula is C18H25N3O2. The monoisotopic (exact) mass is 316 g/mol. The van der Waals surface area contributed by atoms with Crippen LogP contribution in [0, 0.1) is 34.5 Å². The van der Waals surface area contributed by atoms with Crippen molar-refractivity contribution < 1.29 is 11.3 Å². The molecule has 6 aliphatic rings. The Morgan fingerprint density at radius 2 is 2.00 bits per heavy atom. The van der Waals surface area contributed by atoms with Crippen LogP contribution in [0.2, 0.25) is 0 Å². The third-order valence-corrected chi connectivity index (χ3v) is 7.32. The quantitative estimate of drug-likeness (QED) is 0.800. The predicted molar refractivity (Wildman–Crippen MR) is 82.8 cm³/mol. The highest BCUT2D eigenvalue weighted by atomic mass is 16.3. The fourth-order valence-electron chi connectivity index (χ4n) is 6.76. The van der Waals surface area contributed by atoms with Crippen molar-refractivity contribution in [3.63, 3.8) is 0 Å². The van der Waals surface area contributed by atoms with E-state index >= 15 is 0 Å². The first-order chi connectivity index (χ1) is 11.3. The number of hydrogen-bond acceptors (Lipinski definition) is 4. The first-order valence-electron chi connectivity index (χ1n) is 9.51. The van der Waals surface area contributed by atoms with Crippen molar-refractivity contribution >= 4 is 5.91 Å². The molecule has 6 atom stereocenters. The first-order valence-corrected chi connectivity index (χ1v) is 9.01. The van der Waals surface area contributed by atoms with Crippen LogP contribution in [0.4, 0.5) is 0 Å². The van der Waals surface area contributed by atoms with Gasteiger partial charge in [0.2, 0.25) is 5.91 Å². The topological polar surface area (TPSA) is 90.4 Å². The second kappa shape index (κ2) is 4.29. The van der Waals surface area contributed by atoms with E-state index in [0.717, 1.165) is 44.9 Å². The highest BCUT2D eigenvalue weighted by Crippen LogP contribution is 2.63. The zero-order chi connectivity index (χ0) is 16.9. The SMILES string of the molecule is [2H][C@](N)(C(=O)N1C(C#N)C[C@@H]2C[C@@H]21)C12CC3CC(CC(O)(C3)C1)C2. The Morgan fingerprint density at radius 3 is 2.61 bits per heavy atom. The molecule has 6 fully saturated rings. The number of piperidine rings is 1. The number of amides is 1. The highest BCUT2D eigenvalue weighted by Gasteiger charge is 2.62. The van der Waals surface area contributed by atoms with E-state index in [9.17, 15) is 15.2 Å². The van der Waals surface area contributed by atoms with E-state index < -0.39 is 23.1 Å². The molecule has 23 heavy (non-hydrogen) atoms.